The lowest BCUT2D eigenvalue weighted by atomic mass is 10.0. The van der Waals surface area contributed by atoms with E-state index in [1.807, 2.05) is 78.9 Å². The first-order valence-corrected chi connectivity index (χ1v) is 10.1. The third kappa shape index (κ3) is 4.78. The van der Waals surface area contributed by atoms with Gasteiger partial charge in [0, 0.05) is 16.6 Å². The Morgan fingerprint density at radius 3 is 2.35 bits per heavy atom. The minimum atomic E-state index is -0.563. The molecule has 0 aliphatic carbocycles. The van der Waals surface area contributed by atoms with Crippen LogP contribution in [0.4, 0.5) is 5.69 Å². The second-order valence-electron chi connectivity index (χ2n) is 7.11. The Morgan fingerprint density at radius 1 is 0.903 bits per heavy atom. The number of aryl methyl sites for hydroxylation is 1. The molecule has 31 heavy (non-hydrogen) atoms. The SMILES string of the molecule is CCc1ccc(NC(=O)COC(=O)c2cc(-c3ccccc3)nc3ccccc23)cc1. The van der Waals surface area contributed by atoms with E-state index in [4.69, 9.17) is 4.74 Å². The average Bonchev–Trinajstić information content (AvgIpc) is 2.83. The van der Waals surface area contributed by atoms with Gasteiger partial charge in [-0.25, -0.2) is 9.78 Å². The lowest BCUT2D eigenvalue weighted by Crippen LogP contribution is -2.21. The van der Waals surface area contributed by atoms with Crippen molar-refractivity contribution in [1.82, 2.24) is 4.98 Å². The third-order valence-electron chi connectivity index (χ3n) is 4.99. The Balaban J connectivity index is 1.52. The van der Waals surface area contributed by atoms with E-state index in [0.717, 1.165) is 12.0 Å². The van der Waals surface area contributed by atoms with Crippen molar-refractivity contribution in [2.75, 3.05) is 11.9 Å². The van der Waals surface area contributed by atoms with E-state index in [1.54, 1.807) is 6.07 Å². The lowest BCUT2D eigenvalue weighted by molar-refractivity contribution is -0.119. The molecule has 0 saturated heterocycles. The molecule has 0 aliphatic heterocycles. The fraction of sp³-hybridized carbons (Fsp3) is 0.115. The number of nitrogens with zero attached hydrogens (tertiary/aromatic N) is 1. The number of nitrogens with one attached hydrogen (secondary N) is 1. The molecule has 0 saturated carbocycles. The molecule has 0 radical (unpaired) electrons. The normalized spacial score (nSPS) is 10.6. The highest BCUT2D eigenvalue weighted by molar-refractivity contribution is 6.05. The van der Waals surface area contributed by atoms with Crippen LogP contribution in [0.15, 0.2) is 84.9 Å². The number of amides is 1. The predicted molar refractivity (Wildman–Crippen MR) is 122 cm³/mol. The molecule has 0 aliphatic rings. The Morgan fingerprint density at radius 2 is 1.61 bits per heavy atom. The number of esters is 1. The summed E-state index contributed by atoms with van der Waals surface area (Å²) in [5, 5.41) is 3.43. The van der Waals surface area contributed by atoms with E-state index in [-0.39, 0.29) is 12.5 Å². The first-order chi connectivity index (χ1) is 15.1. The number of pyridine rings is 1. The van der Waals surface area contributed by atoms with Crippen LogP contribution in [-0.4, -0.2) is 23.5 Å². The minimum absolute atomic E-state index is 0.369. The fourth-order valence-corrected chi connectivity index (χ4v) is 3.33. The number of anilines is 1. The second kappa shape index (κ2) is 9.22. The van der Waals surface area contributed by atoms with Gasteiger partial charge in [-0.15, -0.1) is 0 Å². The van der Waals surface area contributed by atoms with Crippen molar-refractivity contribution in [3.8, 4) is 11.3 Å². The molecular weight excluding hydrogens is 388 g/mol. The largest absolute Gasteiger partial charge is 0.452 e. The fourth-order valence-electron chi connectivity index (χ4n) is 3.33. The standard InChI is InChI=1S/C26H22N2O3/c1-2-18-12-14-20(15-13-18)27-25(29)17-31-26(30)22-16-24(19-8-4-3-5-9-19)28-23-11-7-6-10-21(22)23/h3-16H,2,17H2,1H3,(H,27,29). The Kier molecular flexibility index (Phi) is 6.03. The summed E-state index contributed by atoms with van der Waals surface area (Å²) >= 11 is 0. The molecule has 0 atom stereocenters. The molecule has 4 rings (SSSR count). The molecule has 5 nitrogen and oxygen atoms in total. The van der Waals surface area contributed by atoms with E-state index >= 15 is 0 Å². The number of benzene rings is 3. The molecule has 1 heterocycles. The van der Waals surface area contributed by atoms with Crippen LogP contribution in [0.3, 0.4) is 0 Å². The van der Waals surface area contributed by atoms with Crippen molar-refractivity contribution in [3.63, 3.8) is 0 Å². The second-order valence-corrected chi connectivity index (χ2v) is 7.11. The van der Waals surface area contributed by atoms with Crippen LogP contribution >= 0.6 is 0 Å². The van der Waals surface area contributed by atoms with E-state index in [0.29, 0.717) is 27.8 Å². The van der Waals surface area contributed by atoms with E-state index in [2.05, 4.69) is 17.2 Å². The summed E-state index contributed by atoms with van der Waals surface area (Å²) in [6, 6.07) is 26.3. The van der Waals surface area contributed by atoms with Crippen LogP contribution < -0.4 is 5.32 Å². The van der Waals surface area contributed by atoms with Crippen LogP contribution in [0.25, 0.3) is 22.2 Å². The molecule has 0 fully saturated rings. The van der Waals surface area contributed by atoms with Crippen molar-refractivity contribution in [1.29, 1.82) is 0 Å². The summed E-state index contributed by atoms with van der Waals surface area (Å²) in [6.07, 6.45) is 0.927. The maximum absolute atomic E-state index is 12.9. The van der Waals surface area contributed by atoms with Gasteiger partial charge < -0.3 is 10.1 Å². The van der Waals surface area contributed by atoms with Gasteiger partial charge in [-0.05, 0) is 36.2 Å². The number of ether oxygens (including phenoxy) is 1. The maximum atomic E-state index is 12.9. The van der Waals surface area contributed by atoms with Crippen LogP contribution in [0.2, 0.25) is 0 Å². The van der Waals surface area contributed by atoms with Crippen LogP contribution in [0, 0.1) is 0 Å². The smallest absolute Gasteiger partial charge is 0.339 e. The molecule has 1 aromatic heterocycles. The maximum Gasteiger partial charge on any atom is 0.339 e. The van der Waals surface area contributed by atoms with Gasteiger partial charge in [0.25, 0.3) is 5.91 Å². The number of carbonyl (C=O) groups is 2. The topological polar surface area (TPSA) is 68.3 Å². The van der Waals surface area contributed by atoms with E-state index < -0.39 is 5.97 Å². The zero-order valence-corrected chi connectivity index (χ0v) is 17.2. The van der Waals surface area contributed by atoms with Crippen molar-refractivity contribution >= 4 is 28.5 Å². The van der Waals surface area contributed by atoms with Gasteiger partial charge in [0.05, 0.1) is 16.8 Å². The highest BCUT2D eigenvalue weighted by Gasteiger charge is 2.16. The summed E-state index contributed by atoms with van der Waals surface area (Å²) in [4.78, 5) is 29.8. The van der Waals surface area contributed by atoms with Crippen LogP contribution in [0.1, 0.15) is 22.8 Å². The molecule has 5 heteroatoms. The van der Waals surface area contributed by atoms with Gasteiger partial charge in [-0.2, -0.15) is 0 Å². The quantitative estimate of drug-likeness (QED) is 0.440. The Labute approximate surface area is 180 Å². The van der Waals surface area contributed by atoms with E-state index in [1.165, 1.54) is 5.56 Å². The molecule has 3 aromatic carbocycles. The van der Waals surface area contributed by atoms with Gasteiger partial charge in [-0.3, -0.25) is 4.79 Å². The van der Waals surface area contributed by atoms with Crippen molar-refractivity contribution < 1.29 is 14.3 Å². The Bertz CT molecular complexity index is 1220. The van der Waals surface area contributed by atoms with Gasteiger partial charge >= 0.3 is 5.97 Å². The zero-order chi connectivity index (χ0) is 21.6. The highest BCUT2D eigenvalue weighted by Crippen LogP contribution is 2.25. The van der Waals surface area contributed by atoms with Gasteiger partial charge in [0.2, 0.25) is 0 Å². The van der Waals surface area contributed by atoms with Crippen molar-refractivity contribution in [2.45, 2.75) is 13.3 Å². The molecular formula is C26H22N2O3. The van der Waals surface area contributed by atoms with Crippen molar-refractivity contribution in [2.24, 2.45) is 0 Å². The highest BCUT2D eigenvalue weighted by atomic mass is 16.5. The number of aromatic nitrogens is 1. The monoisotopic (exact) mass is 410 g/mol. The first kappa shape index (κ1) is 20.3. The molecule has 0 unspecified atom stereocenters. The average molecular weight is 410 g/mol. The number of fused-ring (bicyclic) bond motifs is 1. The number of rotatable bonds is 6. The molecule has 1 N–H and O–H groups in total. The third-order valence-corrected chi connectivity index (χ3v) is 4.99. The zero-order valence-electron chi connectivity index (χ0n) is 17.2. The van der Waals surface area contributed by atoms with Crippen molar-refractivity contribution in [3.05, 3.63) is 96.1 Å². The molecule has 0 spiro atoms. The molecule has 154 valence electrons. The Hall–Kier alpha value is -3.99. The lowest BCUT2D eigenvalue weighted by Gasteiger charge is -2.10. The molecule has 1 amide bonds. The summed E-state index contributed by atoms with van der Waals surface area (Å²) < 4.78 is 5.33. The molecule has 4 aromatic rings. The van der Waals surface area contributed by atoms with Gasteiger partial charge in [0.15, 0.2) is 6.61 Å². The summed E-state index contributed by atoms with van der Waals surface area (Å²) in [5.74, 6) is -0.952. The van der Waals surface area contributed by atoms with Crippen LogP contribution in [0.5, 0.6) is 0 Å². The first-order valence-electron chi connectivity index (χ1n) is 10.1. The summed E-state index contributed by atoms with van der Waals surface area (Å²) in [6.45, 7) is 1.70. The number of para-hydroxylation sites is 1. The van der Waals surface area contributed by atoms with E-state index in [9.17, 15) is 9.59 Å². The predicted octanol–water partition coefficient (Wildman–Crippen LogP) is 5.26. The minimum Gasteiger partial charge on any atom is -0.452 e. The van der Waals surface area contributed by atoms with Gasteiger partial charge in [-0.1, -0.05) is 67.6 Å². The number of hydrogen-bond donors (Lipinski definition) is 1. The number of hydrogen-bond acceptors (Lipinski definition) is 4. The summed E-state index contributed by atoms with van der Waals surface area (Å²) in [7, 11) is 0. The summed E-state index contributed by atoms with van der Waals surface area (Å²) in [5.41, 5.74) is 4.49. The number of carbonyl (C=O) groups excluding carboxylic acids is 2. The van der Waals surface area contributed by atoms with Crippen LogP contribution in [-0.2, 0) is 16.0 Å². The van der Waals surface area contributed by atoms with Gasteiger partial charge in [0.1, 0.15) is 0 Å². The molecule has 0 bridgehead atoms.